The molecule has 24 heavy (non-hydrogen) atoms. The van der Waals surface area contributed by atoms with Crippen LogP contribution in [0.1, 0.15) is 17.0 Å². The highest BCUT2D eigenvalue weighted by Gasteiger charge is 2.24. The maximum atomic E-state index is 12.7. The van der Waals surface area contributed by atoms with E-state index in [1.54, 1.807) is 43.1 Å². The zero-order chi connectivity index (χ0) is 17.2. The number of hydrogen-bond donors (Lipinski definition) is 1. The summed E-state index contributed by atoms with van der Waals surface area (Å²) in [6, 6.07) is 13.0. The minimum Gasteiger partial charge on any atom is -0.265 e. The molecule has 0 spiro atoms. The topological polar surface area (TPSA) is 76.9 Å². The van der Waals surface area contributed by atoms with Crippen molar-refractivity contribution in [2.24, 2.45) is 0 Å². The number of aromatic nitrogens is 3. The van der Waals surface area contributed by atoms with Crippen molar-refractivity contribution in [1.82, 2.24) is 19.5 Å². The van der Waals surface area contributed by atoms with Gasteiger partial charge in [0.05, 0.1) is 17.1 Å². The van der Waals surface area contributed by atoms with Crippen molar-refractivity contribution >= 4 is 10.0 Å². The van der Waals surface area contributed by atoms with E-state index in [4.69, 9.17) is 0 Å². The smallest absolute Gasteiger partial charge is 0.244 e. The summed E-state index contributed by atoms with van der Waals surface area (Å²) in [5.41, 5.74) is 2.73. The largest absolute Gasteiger partial charge is 0.265 e. The molecule has 0 radical (unpaired) electrons. The number of sulfonamides is 1. The second kappa shape index (κ2) is 6.54. The lowest BCUT2D eigenvalue weighted by Gasteiger charge is -2.08. The Kier molecular flexibility index (Phi) is 4.46. The number of benzene rings is 1. The predicted molar refractivity (Wildman–Crippen MR) is 91.3 cm³/mol. The minimum atomic E-state index is -3.66. The summed E-state index contributed by atoms with van der Waals surface area (Å²) in [6.07, 6.45) is 3.27. The van der Waals surface area contributed by atoms with Crippen LogP contribution in [0.4, 0.5) is 0 Å². The molecule has 124 valence electrons. The van der Waals surface area contributed by atoms with Gasteiger partial charge < -0.3 is 0 Å². The van der Waals surface area contributed by atoms with E-state index in [0.717, 1.165) is 11.3 Å². The third-order valence-electron chi connectivity index (χ3n) is 3.71. The molecule has 3 aromatic rings. The molecule has 0 atom stereocenters. The summed E-state index contributed by atoms with van der Waals surface area (Å²) in [5, 5.41) is 4.39. The van der Waals surface area contributed by atoms with Crippen molar-refractivity contribution in [3.8, 4) is 5.69 Å². The van der Waals surface area contributed by atoms with E-state index < -0.39 is 10.0 Å². The van der Waals surface area contributed by atoms with Gasteiger partial charge in [-0.3, -0.25) is 4.98 Å². The van der Waals surface area contributed by atoms with Crippen molar-refractivity contribution in [3.05, 3.63) is 71.8 Å². The monoisotopic (exact) mass is 342 g/mol. The maximum Gasteiger partial charge on any atom is 0.244 e. The molecular formula is C17H18N4O2S. The second-order valence-corrected chi connectivity index (χ2v) is 7.13. The Balaban J connectivity index is 1.92. The van der Waals surface area contributed by atoms with Crippen LogP contribution in [-0.2, 0) is 16.6 Å². The molecule has 0 unspecified atom stereocenters. The van der Waals surface area contributed by atoms with E-state index in [-0.39, 0.29) is 11.4 Å². The van der Waals surface area contributed by atoms with Crippen LogP contribution in [-0.4, -0.2) is 23.2 Å². The van der Waals surface area contributed by atoms with E-state index in [1.807, 2.05) is 30.3 Å². The Hall–Kier alpha value is -2.51. The third-order valence-corrected chi connectivity index (χ3v) is 5.36. The lowest BCUT2D eigenvalue weighted by Crippen LogP contribution is -2.24. The predicted octanol–water partition coefficient (Wildman–Crippen LogP) is 2.36. The molecule has 0 saturated heterocycles. The Morgan fingerprint density at radius 1 is 1.04 bits per heavy atom. The number of nitrogens with zero attached hydrogens (tertiary/aromatic N) is 3. The molecule has 6 nitrogen and oxygen atoms in total. The van der Waals surface area contributed by atoms with Crippen molar-refractivity contribution in [3.63, 3.8) is 0 Å². The van der Waals surface area contributed by atoms with Crippen LogP contribution >= 0.6 is 0 Å². The van der Waals surface area contributed by atoms with E-state index in [1.165, 1.54) is 0 Å². The van der Waals surface area contributed by atoms with E-state index in [0.29, 0.717) is 11.4 Å². The summed E-state index contributed by atoms with van der Waals surface area (Å²) in [6.45, 7) is 3.67. The second-order valence-electron chi connectivity index (χ2n) is 5.43. The zero-order valence-corrected chi connectivity index (χ0v) is 14.3. The molecule has 0 saturated carbocycles. The van der Waals surface area contributed by atoms with Crippen LogP contribution in [0.15, 0.2) is 59.8 Å². The highest BCUT2D eigenvalue weighted by molar-refractivity contribution is 7.89. The SMILES string of the molecule is Cc1nn(-c2ccccc2)c(C)c1S(=O)(=O)NCc1ccncc1. The molecule has 1 N–H and O–H groups in total. The first kappa shape index (κ1) is 16.4. The zero-order valence-electron chi connectivity index (χ0n) is 13.5. The number of pyridine rings is 1. The molecule has 0 aliphatic heterocycles. The van der Waals surface area contributed by atoms with E-state index in [2.05, 4.69) is 14.8 Å². The first-order valence-electron chi connectivity index (χ1n) is 7.49. The average Bonchev–Trinajstić information content (AvgIpc) is 2.90. The Morgan fingerprint density at radius 2 is 1.71 bits per heavy atom. The van der Waals surface area contributed by atoms with E-state index >= 15 is 0 Å². The standard InChI is InChI=1S/C17H18N4O2S/c1-13-17(14(2)21(20-13)16-6-4-3-5-7-16)24(22,23)19-12-15-8-10-18-11-9-15/h3-11,19H,12H2,1-2H3. The van der Waals surface area contributed by atoms with Gasteiger partial charge in [-0.25, -0.2) is 17.8 Å². The normalized spacial score (nSPS) is 11.6. The van der Waals surface area contributed by atoms with Crippen LogP contribution in [0.2, 0.25) is 0 Å². The fraction of sp³-hybridized carbons (Fsp3) is 0.176. The molecule has 0 aliphatic carbocycles. The third kappa shape index (κ3) is 3.22. The summed E-state index contributed by atoms with van der Waals surface area (Å²) >= 11 is 0. The molecule has 7 heteroatoms. The van der Waals surface area contributed by atoms with Gasteiger partial charge in [0, 0.05) is 18.9 Å². The molecule has 2 aromatic heterocycles. The summed E-state index contributed by atoms with van der Waals surface area (Å²) in [7, 11) is -3.66. The molecule has 0 amide bonds. The first-order chi connectivity index (χ1) is 11.5. The Labute approximate surface area is 141 Å². The van der Waals surface area contributed by atoms with Crippen LogP contribution < -0.4 is 4.72 Å². The minimum absolute atomic E-state index is 0.209. The summed E-state index contributed by atoms with van der Waals surface area (Å²) < 4.78 is 29.7. The quantitative estimate of drug-likeness (QED) is 0.772. The van der Waals surface area contributed by atoms with Crippen molar-refractivity contribution in [1.29, 1.82) is 0 Å². The van der Waals surface area contributed by atoms with E-state index in [9.17, 15) is 8.42 Å². The molecule has 0 bridgehead atoms. The van der Waals surface area contributed by atoms with Gasteiger partial charge >= 0.3 is 0 Å². The highest BCUT2D eigenvalue weighted by Crippen LogP contribution is 2.22. The van der Waals surface area contributed by atoms with Gasteiger partial charge in [0.15, 0.2) is 0 Å². The van der Waals surface area contributed by atoms with Gasteiger partial charge in [0.1, 0.15) is 4.90 Å². The van der Waals surface area contributed by atoms with Crippen molar-refractivity contribution in [2.45, 2.75) is 25.3 Å². The van der Waals surface area contributed by atoms with Gasteiger partial charge in [-0.2, -0.15) is 5.10 Å². The maximum absolute atomic E-state index is 12.7. The van der Waals surface area contributed by atoms with Crippen LogP contribution in [0.3, 0.4) is 0 Å². The Bertz CT molecular complexity index is 935. The lowest BCUT2D eigenvalue weighted by molar-refractivity contribution is 0.580. The van der Waals surface area contributed by atoms with Crippen molar-refractivity contribution < 1.29 is 8.42 Å². The first-order valence-corrected chi connectivity index (χ1v) is 8.97. The number of para-hydroxylation sites is 1. The van der Waals surface area contributed by atoms with Gasteiger partial charge in [0.2, 0.25) is 10.0 Å². The van der Waals surface area contributed by atoms with Gasteiger partial charge in [-0.05, 0) is 43.7 Å². The number of hydrogen-bond acceptors (Lipinski definition) is 4. The molecule has 1 aromatic carbocycles. The lowest BCUT2D eigenvalue weighted by atomic mass is 10.3. The molecule has 0 aliphatic rings. The molecule has 0 fully saturated rings. The van der Waals surface area contributed by atoms with Gasteiger partial charge in [0.25, 0.3) is 0 Å². The van der Waals surface area contributed by atoms with Gasteiger partial charge in [-0.15, -0.1) is 0 Å². The van der Waals surface area contributed by atoms with Crippen LogP contribution in [0.5, 0.6) is 0 Å². The number of aryl methyl sites for hydroxylation is 1. The number of rotatable bonds is 5. The summed E-state index contributed by atoms with van der Waals surface area (Å²) in [4.78, 5) is 4.15. The van der Waals surface area contributed by atoms with Crippen LogP contribution in [0, 0.1) is 13.8 Å². The fourth-order valence-corrected chi connectivity index (χ4v) is 4.00. The highest BCUT2D eigenvalue weighted by atomic mass is 32.2. The average molecular weight is 342 g/mol. The Morgan fingerprint density at radius 3 is 2.38 bits per heavy atom. The fourth-order valence-electron chi connectivity index (χ4n) is 2.59. The number of nitrogens with one attached hydrogen (secondary N) is 1. The summed E-state index contributed by atoms with van der Waals surface area (Å²) in [5.74, 6) is 0. The molecular weight excluding hydrogens is 324 g/mol. The van der Waals surface area contributed by atoms with Crippen molar-refractivity contribution in [2.75, 3.05) is 0 Å². The molecule has 3 rings (SSSR count). The molecule has 2 heterocycles. The van der Waals surface area contributed by atoms with Crippen LogP contribution in [0.25, 0.3) is 5.69 Å². The van der Waals surface area contributed by atoms with Gasteiger partial charge in [-0.1, -0.05) is 18.2 Å².